The summed E-state index contributed by atoms with van der Waals surface area (Å²) in [6.45, 7) is 0. The Morgan fingerprint density at radius 3 is 1.86 bits per heavy atom. The number of hydrogen-bond donors (Lipinski definition) is 1. The van der Waals surface area contributed by atoms with Gasteiger partial charge in [0.1, 0.15) is 22.9 Å². The average Bonchev–Trinajstić information content (AvgIpc) is 3.81. The number of benzene rings is 7. The van der Waals surface area contributed by atoms with Crippen LogP contribution in [-0.2, 0) is 0 Å². The summed E-state index contributed by atoms with van der Waals surface area (Å²) >= 11 is 0. The standard InChI is InChI=1S/C44H30N4O2.ClH/c49-44-45-39-24-7-8-25-40(39)48(44)34-19-12-21-36(29-34)50-35-20-11-18-33(28-35)46-30-47(42-27-10-9-26-41(42)46)43-37(31-14-3-1-4-15-31)22-13-23-38(43)32-16-5-2-6-17-32;/h1-30H;1H/i1D,2D,3D,4D,5D,6D,14D,15D,16D,17D;. The molecule has 51 heavy (non-hydrogen) atoms. The number of imidazole rings is 2. The predicted molar refractivity (Wildman–Crippen MR) is 200 cm³/mol. The second-order valence-electron chi connectivity index (χ2n) is 11.4. The fraction of sp³-hybridized carbons (Fsp3) is 0. The van der Waals surface area contributed by atoms with Gasteiger partial charge < -0.3 is 22.1 Å². The first-order chi connectivity index (χ1) is 28.8. The summed E-state index contributed by atoms with van der Waals surface area (Å²) in [6, 6.07) is 28.8. The molecule has 0 amide bonds. The molecule has 9 rings (SSSR count). The van der Waals surface area contributed by atoms with E-state index in [-0.39, 0.29) is 46.0 Å². The number of fused-ring (bicyclic) bond motifs is 2. The molecule has 6 nitrogen and oxygen atoms in total. The summed E-state index contributed by atoms with van der Waals surface area (Å²) in [5.74, 6) is 0.949. The Hall–Kier alpha value is -6.63. The molecule has 0 radical (unpaired) electrons. The molecule has 0 atom stereocenters. The molecule has 0 aliphatic rings. The average molecular weight is 693 g/mol. The summed E-state index contributed by atoms with van der Waals surface area (Å²) < 4.78 is 97.7. The molecule has 0 aliphatic heterocycles. The zero-order chi connectivity index (χ0) is 42.1. The zero-order valence-electron chi connectivity index (χ0n) is 36.6. The van der Waals surface area contributed by atoms with Crippen LogP contribution in [0.15, 0.2) is 187 Å². The largest absolute Gasteiger partial charge is 1.00 e. The van der Waals surface area contributed by atoms with Crippen LogP contribution in [0.1, 0.15) is 13.7 Å². The quantitative estimate of drug-likeness (QED) is 0.190. The number of halogens is 1. The number of H-pyrrole nitrogens is 1. The van der Waals surface area contributed by atoms with Gasteiger partial charge in [-0.05, 0) is 59.7 Å². The van der Waals surface area contributed by atoms with Crippen LogP contribution in [0.25, 0.3) is 61.4 Å². The van der Waals surface area contributed by atoms with Crippen LogP contribution in [0.3, 0.4) is 0 Å². The molecule has 0 unspecified atom stereocenters. The van der Waals surface area contributed by atoms with Gasteiger partial charge in [-0.1, -0.05) is 115 Å². The molecule has 1 N–H and O–H groups in total. The van der Waals surface area contributed by atoms with Crippen molar-refractivity contribution in [2.24, 2.45) is 0 Å². The Bertz CT molecular complexity index is 3160. The van der Waals surface area contributed by atoms with Gasteiger partial charge in [-0.2, -0.15) is 9.13 Å². The minimum atomic E-state index is -0.568. The smallest absolute Gasteiger partial charge is 0.331 e. The Morgan fingerprint density at radius 2 is 1.18 bits per heavy atom. The van der Waals surface area contributed by atoms with Gasteiger partial charge in [0.15, 0.2) is 11.0 Å². The van der Waals surface area contributed by atoms with E-state index >= 15 is 0 Å². The molecule has 0 fully saturated rings. The third kappa shape index (κ3) is 5.78. The van der Waals surface area contributed by atoms with Crippen LogP contribution in [0.5, 0.6) is 11.5 Å². The van der Waals surface area contributed by atoms with Crippen molar-refractivity contribution in [3.05, 3.63) is 192 Å². The molecule has 246 valence electrons. The van der Waals surface area contributed by atoms with Crippen LogP contribution in [0.2, 0.25) is 0 Å². The molecule has 0 saturated heterocycles. The van der Waals surface area contributed by atoms with E-state index in [0.29, 0.717) is 39.4 Å². The first-order valence-electron chi connectivity index (χ1n) is 20.7. The highest BCUT2D eigenvalue weighted by molar-refractivity contribution is 5.85. The number of nitrogens with one attached hydrogen (secondary N) is 1. The SMILES string of the molecule is [2H]c1c([2H])c([2H])c(-c2cccc(-c3c([2H])c([2H])c([2H])c([2H])c3[2H])c2-[n+]2cn(-c3cccc(Oc4cccc(-n5c(=O)[nH]c6ccccc65)c4)c3)c3ccccc32)c([2H])c1[2H].[Cl-]. The Balaban J connectivity index is 0.00000514. The monoisotopic (exact) mass is 692 g/mol. The molecule has 0 bridgehead atoms. The summed E-state index contributed by atoms with van der Waals surface area (Å²) in [4.78, 5) is 15.8. The fourth-order valence-corrected chi connectivity index (χ4v) is 6.30. The van der Waals surface area contributed by atoms with Crippen LogP contribution in [0, 0.1) is 0 Å². The topological polar surface area (TPSA) is 55.8 Å². The lowest BCUT2D eigenvalue weighted by Gasteiger charge is -2.13. The molecule has 0 spiro atoms. The van der Waals surface area contributed by atoms with Crippen molar-refractivity contribution >= 4 is 22.1 Å². The number of aromatic amines is 1. The normalized spacial score (nSPS) is 13.8. The van der Waals surface area contributed by atoms with Gasteiger partial charge in [0.2, 0.25) is 0 Å². The van der Waals surface area contributed by atoms with Gasteiger partial charge in [-0.15, -0.1) is 0 Å². The first-order valence-corrected chi connectivity index (χ1v) is 15.7. The lowest BCUT2D eigenvalue weighted by atomic mass is 9.95. The highest BCUT2D eigenvalue weighted by Crippen LogP contribution is 2.35. The maximum Gasteiger partial charge on any atom is 0.331 e. The highest BCUT2D eigenvalue weighted by Gasteiger charge is 2.25. The molecule has 2 aromatic heterocycles. The second kappa shape index (κ2) is 13.3. The zero-order valence-corrected chi connectivity index (χ0v) is 27.3. The van der Waals surface area contributed by atoms with Crippen molar-refractivity contribution in [1.29, 1.82) is 0 Å². The van der Waals surface area contributed by atoms with Crippen molar-refractivity contribution < 1.29 is 35.4 Å². The summed E-state index contributed by atoms with van der Waals surface area (Å²) in [7, 11) is 0. The third-order valence-electron chi connectivity index (χ3n) is 8.44. The van der Waals surface area contributed by atoms with E-state index in [1.165, 1.54) is 0 Å². The van der Waals surface area contributed by atoms with E-state index in [2.05, 4.69) is 4.98 Å². The minimum absolute atomic E-state index is 0. The van der Waals surface area contributed by atoms with Gasteiger partial charge in [0.25, 0.3) is 6.33 Å². The van der Waals surface area contributed by atoms with Crippen LogP contribution >= 0.6 is 0 Å². The molecular formula is C44H31ClN4O2. The number of hydrogen-bond acceptors (Lipinski definition) is 2. The van der Waals surface area contributed by atoms with Crippen molar-refractivity contribution in [3.8, 4) is 50.8 Å². The maximum absolute atomic E-state index is 13.0. The molecule has 9 aromatic rings. The number of ether oxygens (including phenoxy) is 1. The van der Waals surface area contributed by atoms with Crippen molar-refractivity contribution in [2.45, 2.75) is 0 Å². The minimum Gasteiger partial charge on any atom is -1.00 e. The van der Waals surface area contributed by atoms with E-state index in [9.17, 15) is 4.79 Å². The number of nitrogens with zero attached hydrogens (tertiary/aromatic N) is 3. The van der Waals surface area contributed by atoms with E-state index in [4.69, 9.17) is 18.4 Å². The van der Waals surface area contributed by atoms with Gasteiger partial charge in [0.05, 0.1) is 30.4 Å². The highest BCUT2D eigenvalue weighted by atomic mass is 35.5. The Labute approximate surface area is 314 Å². The Morgan fingerprint density at radius 1 is 0.608 bits per heavy atom. The molecule has 2 heterocycles. The number of rotatable bonds is 7. The number of aromatic nitrogens is 4. The molecular weight excluding hydrogens is 652 g/mol. The lowest BCUT2D eigenvalue weighted by Crippen LogP contribution is -3.00. The van der Waals surface area contributed by atoms with Gasteiger partial charge >= 0.3 is 5.69 Å². The van der Waals surface area contributed by atoms with Gasteiger partial charge in [-0.3, -0.25) is 4.57 Å². The molecule has 0 saturated carbocycles. The van der Waals surface area contributed by atoms with Crippen molar-refractivity contribution in [1.82, 2.24) is 14.1 Å². The van der Waals surface area contributed by atoms with Crippen LogP contribution in [-0.4, -0.2) is 14.1 Å². The van der Waals surface area contributed by atoms with Crippen LogP contribution in [0.4, 0.5) is 0 Å². The molecule has 7 heteroatoms. The predicted octanol–water partition coefficient (Wildman–Crippen LogP) is 6.67. The van der Waals surface area contributed by atoms with E-state index in [0.717, 1.165) is 5.52 Å². The first kappa shape index (κ1) is 22.2. The van der Waals surface area contributed by atoms with Gasteiger partial charge in [-0.25, -0.2) is 4.79 Å². The molecule has 0 aliphatic carbocycles. The molecule has 7 aromatic carbocycles. The van der Waals surface area contributed by atoms with E-state index in [1.807, 2.05) is 77.4 Å². The summed E-state index contributed by atoms with van der Waals surface area (Å²) in [6.07, 6.45) is 1.74. The summed E-state index contributed by atoms with van der Waals surface area (Å²) in [5.41, 5.74) is 3.99. The summed E-state index contributed by atoms with van der Waals surface area (Å²) in [5, 5.41) is 0. The fourth-order valence-electron chi connectivity index (χ4n) is 6.30. The number of para-hydroxylation sites is 5. The van der Waals surface area contributed by atoms with Crippen molar-refractivity contribution in [3.63, 3.8) is 0 Å². The van der Waals surface area contributed by atoms with E-state index < -0.39 is 60.4 Å². The van der Waals surface area contributed by atoms with Crippen molar-refractivity contribution in [2.75, 3.05) is 0 Å². The van der Waals surface area contributed by atoms with Gasteiger partial charge in [0, 0.05) is 23.3 Å². The second-order valence-corrected chi connectivity index (χ2v) is 11.4. The lowest BCUT2D eigenvalue weighted by molar-refractivity contribution is -0.566. The van der Waals surface area contributed by atoms with E-state index in [1.54, 1.807) is 57.9 Å². The third-order valence-corrected chi connectivity index (χ3v) is 8.44. The Kier molecular flexibility index (Phi) is 5.80. The van der Waals surface area contributed by atoms with Crippen LogP contribution < -0.4 is 27.4 Å². The maximum atomic E-state index is 13.0.